The number of halogens is 1. The molecule has 108 valence electrons. The third-order valence-electron chi connectivity index (χ3n) is 4.07. The Kier molecular flexibility index (Phi) is 4.05. The fourth-order valence-corrected chi connectivity index (χ4v) is 3.02. The minimum absolute atomic E-state index is 0.155. The van der Waals surface area contributed by atoms with Gasteiger partial charge in [0.1, 0.15) is 5.82 Å². The highest BCUT2D eigenvalue weighted by Crippen LogP contribution is 2.29. The van der Waals surface area contributed by atoms with E-state index in [1.165, 1.54) is 12.8 Å². The zero-order valence-corrected chi connectivity index (χ0v) is 12.3. The number of hydrogen-bond donors (Lipinski definition) is 0. The maximum Gasteiger partial charge on any atom is 0.131 e. The lowest BCUT2D eigenvalue weighted by molar-refractivity contribution is 0.492. The predicted octanol–water partition coefficient (Wildman–Crippen LogP) is 4.95. The van der Waals surface area contributed by atoms with Crippen molar-refractivity contribution < 1.29 is 4.39 Å². The van der Waals surface area contributed by atoms with Crippen molar-refractivity contribution in [3.05, 3.63) is 66.0 Å². The molecule has 0 saturated carbocycles. The average molecular weight is 281 g/mol. The van der Waals surface area contributed by atoms with E-state index in [0.717, 1.165) is 29.9 Å². The van der Waals surface area contributed by atoms with Gasteiger partial charge in [0.05, 0.1) is 0 Å². The molecule has 2 aromatic rings. The van der Waals surface area contributed by atoms with Gasteiger partial charge in [-0.15, -0.1) is 0 Å². The van der Waals surface area contributed by atoms with E-state index in [0.29, 0.717) is 5.56 Å². The Morgan fingerprint density at radius 3 is 2.38 bits per heavy atom. The van der Waals surface area contributed by atoms with E-state index in [1.807, 2.05) is 49.4 Å². The highest BCUT2D eigenvalue weighted by molar-refractivity contribution is 5.70. The molecule has 0 radical (unpaired) electrons. The van der Waals surface area contributed by atoms with E-state index >= 15 is 0 Å². The van der Waals surface area contributed by atoms with E-state index in [2.05, 4.69) is 11.0 Å². The summed E-state index contributed by atoms with van der Waals surface area (Å²) >= 11 is 0. The lowest BCUT2D eigenvalue weighted by atomic mass is 10.0. The van der Waals surface area contributed by atoms with Crippen molar-refractivity contribution >= 4 is 5.70 Å². The molecule has 21 heavy (non-hydrogen) atoms. The van der Waals surface area contributed by atoms with Crippen molar-refractivity contribution in [1.29, 1.82) is 0 Å². The summed E-state index contributed by atoms with van der Waals surface area (Å²) < 4.78 is 14.5. The van der Waals surface area contributed by atoms with Gasteiger partial charge in [-0.1, -0.05) is 48.5 Å². The molecule has 0 bridgehead atoms. The van der Waals surface area contributed by atoms with Crippen LogP contribution in [0.1, 0.15) is 25.3 Å². The summed E-state index contributed by atoms with van der Waals surface area (Å²) in [7, 11) is 0. The first-order valence-corrected chi connectivity index (χ1v) is 7.56. The van der Waals surface area contributed by atoms with Gasteiger partial charge >= 0.3 is 0 Å². The molecule has 1 fully saturated rings. The van der Waals surface area contributed by atoms with E-state index in [9.17, 15) is 4.39 Å². The molecule has 1 aliphatic heterocycles. The molecule has 0 N–H and O–H groups in total. The van der Waals surface area contributed by atoms with E-state index in [1.54, 1.807) is 6.07 Å². The number of benzene rings is 2. The van der Waals surface area contributed by atoms with Crippen LogP contribution in [-0.4, -0.2) is 18.0 Å². The first-order chi connectivity index (χ1) is 10.3. The number of hydrogen-bond acceptors (Lipinski definition) is 1. The molecule has 0 atom stereocenters. The summed E-state index contributed by atoms with van der Waals surface area (Å²) in [4.78, 5) is 2.34. The van der Waals surface area contributed by atoms with Crippen molar-refractivity contribution in [3.63, 3.8) is 0 Å². The smallest absolute Gasteiger partial charge is 0.131 e. The fourth-order valence-electron chi connectivity index (χ4n) is 3.02. The van der Waals surface area contributed by atoms with Gasteiger partial charge in [0.2, 0.25) is 0 Å². The second-order valence-corrected chi connectivity index (χ2v) is 5.43. The van der Waals surface area contributed by atoms with Gasteiger partial charge in [-0.25, -0.2) is 4.39 Å². The van der Waals surface area contributed by atoms with Crippen molar-refractivity contribution in [2.75, 3.05) is 13.1 Å². The van der Waals surface area contributed by atoms with Crippen LogP contribution in [0, 0.1) is 5.82 Å². The van der Waals surface area contributed by atoms with Crippen LogP contribution in [0.3, 0.4) is 0 Å². The molecule has 0 aromatic heterocycles. The highest BCUT2D eigenvalue weighted by Gasteiger charge is 2.17. The Bertz CT molecular complexity index is 640. The van der Waals surface area contributed by atoms with Gasteiger partial charge in [-0.05, 0) is 31.4 Å². The summed E-state index contributed by atoms with van der Waals surface area (Å²) in [6, 6.07) is 15.3. The van der Waals surface area contributed by atoms with Gasteiger partial charge in [0, 0.05) is 29.9 Å². The molecular weight excluding hydrogens is 261 g/mol. The van der Waals surface area contributed by atoms with Crippen LogP contribution in [0.15, 0.2) is 54.6 Å². The van der Waals surface area contributed by atoms with E-state index in [-0.39, 0.29) is 5.82 Å². The van der Waals surface area contributed by atoms with Crippen LogP contribution < -0.4 is 0 Å². The van der Waals surface area contributed by atoms with E-state index < -0.39 is 0 Å². The Morgan fingerprint density at radius 1 is 1.05 bits per heavy atom. The molecule has 2 heteroatoms. The highest BCUT2D eigenvalue weighted by atomic mass is 19.1. The Balaban J connectivity index is 1.94. The molecule has 1 aliphatic rings. The Hall–Kier alpha value is -2.09. The lowest BCUT2D eigenvalue weighted by Crippen LogP contribution is -2.17. The zero-order valence-electron chi connectivity index (χ0n) is 12.3. The fraction of sp³-hybridized carbons (Fsp3) is 0.263. The van der Waals surface area contributed by atoms with Crippen LogP contribution in [0.4, 0.5) is 4.39 Å². The van der Waals surface area contributed by atoms with Gasteiger partial charge in [0.25, 0.3) is 0 Å². The summed E-state index contributed by atoms with van der Waals surface area (Å²) in [5.41, 5.74) is 3.70. The van der Waals surface area contributed by atoms with Crippen molar-refractivity contribution in [2.45, 2.75) is 19.8 Å². The average Bonchev–Trinajstić information content (AvgIpc) is 3.03. The molecule has 1 nitrogen and oxygen atoms in total. The molecule has 1 saturated heterocycles. The number of rotatable bonds is 3. The SMILES string of the molecule is CC=C(c1ccc(-c2ccccc2)c(F)c1)N1CCCC1. The van der Waals surface area contributed by atoms with Crippen molar-refractivity contribution in [3.8, 4) is 11.1 Å². The predicted molar refractivity (Wildman–Crippen MR) is 86.3 cm³/mol. The Labute approximate surface area is 125 Å². The van der Waals surface area contributed by atoms with Crippen LogP contribution in [0.2, 0.25) is 0 Å². The summed E-state index contributed by atoms with van der Waals surface area (Å²) in [5.74, 6) is -0.155. The normalized spacial score (nSPS) is 15.5. The second-order valence-electron chi connectivity index (χ2n) is 5.43. The standard InChI is InChI=1S/C19H20FN/c1-2-19(21-12-6-7-13-21)16-10-11-17(18(20)14-16)15-8-4-3-5-9-15/h2-5,8-11,14H,6-7,12-13H2,1H3. The molecule has 3 rings (SSSR count). The lowest BCUT2D eigenvalue weighted by Gasteiger charge is -2.22. The molecule has 0 amide bonds. The second kappa shape index (κ2) is 6.13. The first-order valence-electron chi connectivity index (χ1n) is 7.56. The zero-order chi connectivity index (χ0) is 14.7. The molecule has 0 spiro atoms. The number of nitrogens with zero attached hydrogens (tertiary/aromatic N) is 1. The van der Waals surface area contributed by atoms with E-state index in [4.69, 9.17) is 0 Å². The van der Waals surface area contributed by atoms with Gasteiger partial charge in [-0.2, -0.15) is 0 Å². The van der Waals surface area contributed by atoms with Crippen LogP contribution >= 0.6 is 0 Å². The largest absolute Gasteiger partial charge is 0.371 e. The molecule has 2 aromatic carbocycles. The summed E-state index contributed by atoms with van der Waals surface area (Å²) in [6.45, 7) is 4.17. The van der Waals surface area contributed by atoms with Crippen molar-refractivity contribution in [1.82, 2.24) is 4.90 Å². The van der Waals surface area contributed by atoms with Gasteiger partial charge < -0.3 is 4.90 Å². The quantitative estimate of drug-likeness (QED) is 0.769. The maximum atomic E-state index is 14.5. The first kappa shape index (κ1) is 13.9. The monoisotopic (exact) mass is 281 g/mol. The summed E-state index contributed by atoms with van der Waals surface area (Å²) in [5, 5.41) is 0. The third kappa shape index (κ3) is 2.85. The topological polar surface area (TPSA) is 3.24 Å². The van der Waals surface area contributed by atoms with Crippen LogP contribution in [0.25, 0.3) is 16.8 Å². The minimum atomic E-state index is -0.155. The Morgan fingerprint density at radius 2 is 1.76 bits per heavy atom. The van der Waals surface area contributed by atoms with Crippen LogP contribution in [0.5, 0.6) is 0 Å². The minimum Gasteiger partial charge on any atom is -0.371 e. The summed E-state index contributed by atoms with van der Waals surface area (Å²) in [6.07, 6.45) is 4.53. The van der Waals surface area contributed by atoms with Crippen molar-refractivity contribution in [2.24, 2.45) is 0 Å². The van der Waals surface area contributed by atoms with Gasteiger partial charge in [0.15, 0.2) is 0 Å². The molecular formula is C19H20FN. The molecule has 0 unspecified atom stereocenters. The van der Waals surface area contributed by atoms with Gasteiger partial charge in [-0.3, -0.25) is 0 Å². The maximum absolute atomic E-state index is 14.5. The third-order valence-corrected chi connectivity index (χ3v) is 4.07. The number of allylic oxidation sites excluding steroid dienone is 1. The molecule has 0 aliphatic carbocycles. The van der Waals surface area contributed by atoms with Crippen LogP contribution in [-0.2, 0) is 0 Å². The number of likely N-dealkylation sites (tertiary alicyclic amines) is 1. The molecule has 1 heterocycles.